The van der Waals surface area contributed by atoms with Crippen LogP contribution in [0.4, 0.5) is 5.69 Å². The summed E-state index contributed by atoms with van der Waals surface area (Å²) in [5.74, 6) is 1.65. The molecule has 0 fully saturated rings. The monoisotopic (exact) mass is 308 g/mol. The minimum absolute atomic E-state index is 0.176. The van der Waals surface area contributed by atoms with Crippen molar-refractivity contribution < 1.29 is 12.8 Å². The van der Waals surface area contributed by atoms with Crippen LogP contribution in [-0.4, -0.2) is 19.2 Å². The molecule has 0 aliphatic carbocycles. The van der Waals surface area contributed by atoms with Crippen LogP contribution < -0.4 is 5.32 Å². The minimum atomic E-state index is -3.15. The van der Waals surface area contributed by atoms with Crippen LogP contribution in [0.15, 0.2) is 39.8 Å². The second kappa shape index (κ2) is 6.76. The normalized spacial score (nSPS) is 11.5. The van der Waals surface area contributed by atoms with Crippen LogP contribution in [0.25, 0.3) is 0 Å². The summed E-state index contributed by atoms with van der Waals surface area (Å²) in [6, 6.07) is 6.76. The summed E-state index contributed by atoms with van der Waals surface area (Å²) in [7, 11) is -3.15. The molecular weight excluding hydrogens is 288 g/mol. The molecule has 5 nitrogen and oxygen atoms in total. The Kier molecular flexibility index (Phi) is 5.01. The molecule has 1 aromatic heterocycles. The third kappa shape index (κ3) is 4.07. The fourth-order valence-corrected chi connectivity index (χ4v) is 3.26. The van der Waals surface area contributed by atoms with Crippen LogP contribution in [0.5, 0.6) is 0 Å². The highest BCUT2D eigenvalue weighted by Crippen LogP contribution is 2.17. The molecule has 0 amide bonds. The Morgan fingerprint density at radius 2 is 1.90 bits per heavy atom. The Balaban J connectivity index is 1.99. The van der Waals surface area contributed by atoms with E-state index in [1.54, 1.807) is 30.5 Å². The Labute approximate surface area is 125 Å². The number of nitrogens with zero attached hydrogens (tertiary/aromatic N) is 1. The molecule has 0 saturated heterocycles. The highest BCUT2D eigenvalue weighted by molar-refractivity contribution is 7.91. The van der Waals surface area contributed by atoms with Crippen LogP contribution in [0.1, 0.15) is 31.9 Å². The number of aromatic nitrogens is 1. The number of rotatable bonds is 7. The second-order valence-corrected chi connectivity index (χ2v) is 6.88. The van der Waals surface area contributed by atoms with Gasteiger partial charge in [-0.25, -0.2) is 13.4 Å². The lowest BCUT2D eigenvalue weighted by Gasteiger charge is -2.06. The molecule has 114 valence electrons. The largest absolute Gasteiger partial charge is 0.444 e. The van der Waals surface area contributed by atoms with Gasteiger partial charge in [0.05, 0.1) is 23.4 Å². The van der Waals surface area contributed by atoms with Crippen LogP contribution in [0, 0.1) is 0 Å². The summed E-state index contributed by atoms with van der Waals surface area (Å²) in [5, 5.41) is 3.16. The maximum atomic E-state index is 11.9. The molecule has 1 N–H and O–H groups in total. The predicted octanol–water partition coefficient (Wildman–Crippen LogP) is 3.03. The molecule has 1 heterocycles. The first-order valence-electron chi connectivity index (χ1n) is 7.05. The predicted molar refractivity (Wildman–Crippen MR) is 82.0 cm³/mol. The first-order valence-corrected chi connectivity index (χ1v) is 8.70. The molecule has 21 heavy (non-hydrogen) atoms. The third-order valence-corrected chi connectivity index (χ3v) is 5.02. The standard InChI is InChI=1S/C15H20N2O3S/c1-3-9-21(18,19)14-7-5-12(6-8-14)16-11-15-17-10-13(4-2)20-15/h5-8,10,16H,3-4,9,11H2,1-2H3. The molecule has 0 saturated carbocycles. The molecule has 0 spiro atoms. The molecular formula is C15H20N2O3S. The zero-order chi connectivity index (χ0) is 15.3. The minimum Gasteiger partial charge on any atom is -0.444 e. The molecule has 1 aromatic carbocycles. The number of benzene rings is 1. The van der Waals surface area contributed by atoms with E-state index in [1.165, 1.54) is 0 Å². The van der Waals surface area contributed by atoms with Gasteiger partial charge in [0.2, 0.25) is 5.89 Å². The molecule has 2 aromatic rings. The number of sulfone groups is 1. The van der Waals surface area contributed by atoms with Gasteiger partial charge in [0.1, 0.15) is 5.76 Å². The average molecular weight is 308 g/mol. The first-order chi connectivity index (χ1) is 10.0. The molecule has 0 unspecified atom stereocenters. The van der Waals surface area contributed by atoms with Crippen molar-refractivity contribution in [2.45, 2.75) is 38.1 Å². The zero-order valence-corrected chi connectivity index (χ0v) is 13.1. The lowest BCUT2D eigenvalue weighted by atomic mass is 10.3. The van der Waals surface area contributed by atoms with Gasteiger partial charge < -0.3 is 9.73 Å². The summed E-state index contributed by atoms with van der Waals surface area (Å²) < 4.78 is 29.3. The van der Waals surface area contributed by atoms with E-state index in [2.05, 4.69) is 10.3 Å². The van der Waals surface area contributed by atoms with E-state index in [1.807, 2.05) is 13.8 Å². The lowest BCUT2D eigenvalue weighted by molar-refractivity contribution is 0.466. The number of hydrogen-bond donors (Lipinski definition) is 1. The van der Waals surface area contributed by atoms with Crippen LogP contribution in [-0.2, 0) is 22.8 Å². The molecule has 0 aliphatic rings. The van der Waals surface area contributed by atoms with Crippen molar-refractivity contribution in [1.82, 2.24) is 4.98 Å². The van der Waals surface area contributed by atoms with Crippen molar-refractivity contribution >= 4 is 15.5 Å². The first kappa shape index (κ1) is 15.6. The SMILES string of the molecule is CCCS(=O)(=O)c1ccc(NCc2ncc(CC)o2)cc1. The number of oxazole rings is 1. The molecule has 0 radical (unpaired) electrons. The van der Waals surface area contributed by atoms with E-state index >= 15 is 0 Å². The van der Waals surface area contributed by atoms with Gasteiger partial charge in [-0.05, 0) is 30.7 Å². The highest BCUT2D eigenvalue weighted by Gasteiger charge is 2.12. The van der Waals surface area contributed by atoms with Gasteiger partial charge in [0.15, 0.2) is 9.84 Å². The van der Waals surface area contributed by atoms with E-state index in [9.17, 15) is 8.42 Å². The van der Waals surface area contributed by atoms with Crippen LogP contribution in [0.3, 0.4) is 0 Å². The van der Waals surface area contributed by atoms with Crippen LogP contribution >= 0.6 is 0 Å². The number of hydrogen-bond acceptors (Lipinski definition) is 5. The van der Waals surface area contributed by atoms with E-state index < -0.39 is 9.84 Å². The molecule has 0 aliphatic heterocycles. The van der Waals surface area contributed by atoms with E-state index in [0.717, 1.165) is 17.9 Å². The Morgan fingerprint density at radius 1 is 1.19 bits per heavy atom. The van der Waals surface area contributed by atoms with Crippen LogP contribution in [0.2, 0.25) is 0 Å². The molecule has 0 bridgehead atoms. The van der Waals surface area contributed by atoms with Gasteiger partial charge in [-0.15, -0.1) is 0 Å². The summed E-state index contributed by atoms with van der Waals surface area (Å²) in [6.45, 7) is 4.34. The lowest BCUT2D eigenvalue weighted by Crippen LogP contribution is -2.06. The van der Waals surface area contributed by atoms with Gasteiger partial charge in [0.25, 0.3) is 0 Å². The van der Waals surface area contributed by atoms with Crippen molar-refractivity contribution in [2.24, 2.45) is 0 Å². The summed E-state index contributed by atoms with van der Waals surface area (Å²) in [6.07, 6.45) is 3.15. The Bertz CT molecular complexity index is 675. The van der Waals surface area contributed by atoms with Gasteiger partial charge in [0, 0.05) is 12.1 Å². The van der Waals surface area contributed by atoms with E-state index in [-0.39, 0.29) is 5.75 Å². The Hall–Kier alpha value is -1.82. The van der Waals surface area contributed by atoms with Crippen molar-refractivity contribution in [3.05, 3.63) is 42.1 Å². The number of nitrogens with one attached hydrogen (secondary N) is 1. The number of aryl methyl sites for hydroxylation is 1. The summed E-state index contributed by atoms with van der Waals surface area (Å²) in [5.41, 5.74) is 0.835. The second-order valence-electron chi connectivity index (χ2n) is 4.77. The van der Waals surface area contributed by atoms with Crippen molar-refractivity contribution in [1.29, 1.82) is 0 Å². The highest BCUT2D eigenvalue weighted by atomic mass is 32.2. The summed E-state index contributed by atoms with van der Waals surface area (Å²) >= 11 is 0. The van der Waals surface area contributed by atoms with E-state index in [0.29, 0.717) is 23.8 Å². The summed E-state index contributed by atoms with van der Waals surface area (Å²) in [4.78, 5) is 4.52. The van der Waals surface area contributed by atoms with Gasteiger partial charge in [-0.3, -0.25) is 0 Å². The quantitative estimate of drug-likeness (QED) is 0.851. The topological polar surface area (TPSA) is 72.2 Å². The fraction of sp³-hybridized carbons (Fsp3) is 0.400. The fourth-order valence-electron chi connectivity index (χ4n) is 1.94. The van der Waals surface area contributed by atoms with Crippen molar-refractivity contribution in [3.8, 4) is 0 Å². The van der Waals surface area contributed by atoms with Crippen molar-refractivity contribution in [3.63, 3.8) is 0 Å². The van der Waals surface area contributed by atoms with E-state index in [4.69, 9.17) is 4.42 Å². The van der Waals surface area contributed by atoms with Crippen molar-refractivity contribution in [2.75, 3.05) is 11.1 Å². The Morgan fingerprint density at radius 3 is 2.48 bits per heavy atom. The molecule has 2 rings (SSSR count). The zero-order valence-electron chi connectivity index (χ0n) is 12.3. The van der Waals surface area contributed by atoms with Gasteiger partial charge >= 0.3 is 0 Å². The average Bonchev–Trinajstić information content (AvgIpc) is 2.93. The molecule has 6 heteroatoms. The maximum absolute atomic E-state index is 11.9. The smallest absolute Gasteiger partial charge is 0.213 e. The maximum Gasteiger partial charge on any atom is 0.213 e. The van der Waals surface area contributed by atoms with Gasteiger partial charge in [-0.1, -0.05) is 13.8 Å². The number of anilines is 1. The van der Waals surface area contributed by atoms with Gasteiger partial charge in [-0.2, -0.15) is 0 Å². The molecule has 0 atom stereocenters. The third-order valence-electron chi connectivity index (χ3n) is 3.08.